The van der Waals surface area contributed by atoms with Gasteiger partial charge in [-0.05, 0) is 23.6 Å². The maximum atomic E-state index is 12.9. The summed E-state index contributed by atoms with van der Waals surface area (Å²) < 4.78 is 33.8. The number of benzene rings is 2. The Labute approximate surface area is 169 Å². The summed E-state index contributed by atoms with van der Waals surface area (Å²) >= 11 is 0. The van der Waals surface area contributed by atoms with E-state index in [9.17, 15) is 18.5 Å². The van der Waals surface area contributed by atoms with E-state index in [0.717, 1.165) is 5.56 Å². The summed E-state index contributed by atoms with van der Waals surface area (Å²) in [6.45, 7) is 0.165. The van der Waals surface area contributed by atoms with Crippen molar-refractivity contribution in [2.24, 2.45) is 0 Å². The Morgan fingerprint density at radius 2 is 2.03 bits per heavy atom. The van der Waals surface area contributed by atoms with E-state index in [4.69, 9.17) is 9.57 Å². The highest BCUT2D eigenvalue weighted by Gasteiger charge is 2.43. The topological polar surface area (TPSA) is 111 Å². The van der Waals surface area contributed by atoms with Crippen LogP contribution in [0.5, 0.6) is 5.75 Å². The molecule has 1 aliphatic heterocycles. The lowest BCUT2D eigenvalue weighted by Crippen LogP contribution is -2.40. The Balaban J connectivity index is 1.75. The van der Waals surface area contributed by atoms with Crippen LogP contribution in [0.25, 0.3) is 0 Å². The van der Waals surface area contributed by atoms with Gasteiger partial charge in [0.05, 0.1) is 24.7 Å². The number of rotatable bonds is 8. The van der Waals surface area contributed by atoms with E-state index in [2.05, 4.69) is 4.72 Å². The number of sulfonamides is 1. The van der Waals surface area contributed by atoms with Crippen molar-refractivity contribution in [3.8, 4) is 5.75 Å². The molecule has 1 heterocycles. The molecule has 0 saturated carbocycles. The lowest BCUT2D eigenvalue weighted by atomic mass is 10.0. The number of hydrogen-bond donors (Lipinski definition) is 1. The van der Waals surface area contributed by atoms with Crippen molar-refractivity contribution in [3.05, 3.63) is 69.8 Å². The third-order valence-electron chi connectivity index (χ3n) is 4.90. The molecular weight excluding hydrogens is 398 g/mol. The van der Waals surface area contributed by atoms with Gasteiger partial charge in [-0.2, -0.15) is 5.06 Å². The Morgan fingerprint density at radius 1 is 1.28 bits per heavy atom. The van der Waals surface area contributed by atoms with E-state index in [1.54, 1.807) is 26.3 Å². The van der Waals surface area contributed by atoms with Crippen LogP contribution in [0.3, 0.4) is 0 Å². The molecule has 0 bridgehead atoms. The third kappa shape index (κ3) is 4.73. The predicted molar refractivity (Wildman–Crippen MR) is 107 cm³/mol. The number of nitrogens with zero attached hydrogens (tertiary/aromatic N) is 2. The fourth-order valence-corrected chi connectivity index (χ4v) is 4.96. The molecule has 0 aliphatic carbocycles. The van der Waals surface area contributed by atoms with Crippen molar-refractivity contribution in [2.75, 3.05) is 27.3 Å². The van der Waals surface area contributed by atoms with Crippen molar-refractivity contribution in [3.63, 3.8) is 0 Å². The van der Waals surface area contributed by atoms with Crippen LogP contribution in [0, 0.1) is 10.1 Å². The number of ether oxygens (including phenoxy) is 1. The van der Waals surface area contributed by atoms with Gasteiger partial charge in [-0.1, -0.05) is 30.3 Å². The molecule has 2 atom stereocenters. The molecule has 3 rings (SSSR count). The standard InChI is InChI=1S/C19H23N3O6S/c1-21-19(15-7-5-8-16(12-15)22(23)24)18(13-28-21)29(25,26)20-11-10-14-6-3-4-9-17(14)27-2/h3-9,12,18-20H,10-11,13H2,1-2H3/t18-,19-/m0/s1. The third-order valence-corrected chi connectivity index (χ3v) is 6.70. The molecule has 1 fully saturated rings. The quantitative estimate of drug-likeness (QED) is 0.513. The second-order valence-corrected chi connectivity index (χ2v) is 8.66. The van der Waals surface area contributed by atoms with Gasteiger partial charge in [-0.15, -0.1) is 0 Å². The highest BCUT2D eigenvalue weighted by molar-refractivity contribution is 7.90. The zero-order valence-electron chi connectivity index (χ0n) is 16.1. The van der Waals surface area contributed by atoms with Crippen LogP contribution in [0.2, 0.25) is 0 Å². The van der Waals surface area contributed by atoms with Gasteiger partial charge >= 0.3 is 0 Å². The van der Waals surface area contributed by atoms with E-state index in [0.29, 0.717) is 17.7 Å². The molecule has 29 heavy (non-hydrogen) atoms. The monoisotopic (exact) mass is 421 g/mol. The van der Waals surface area contributed by atoms with Gasteiger partial charge in [0.25, 0.3) is 5.69 Å². The Bertz CT molecular complexity index is 981. The number of hydroxylamine groups is 2. The fourth-order valence-electron chi connectivity index (χ4n) is 3.45. The summed E-state index contributed by atoms with van der Waals surface area (Å²) in [6.07, 6.45) is 0.466. The second kappa shape index (κ2) is 8.87. The second-order valence-electron chi connectivity index (χ2n) is 6.68. The molecule has 0 radical (unpaired) electrons. The van der Waals surface area contributed by atoms with Gasteiger partial charge < -0.3 is 4.74 Å². The lowest BCUT2D eigenvalue weighted by molar-refractivity contribution is -0.385. The van der Waals surface area contributed by atoms with E-state index in [1.807, 2.05) is 24.3 Å². The summed E-state index contributed by atoms with van der Waals surface area (Å²) in [4.78, 5) is 16.0. The number of hydrogen-bond acceptors (Lipinski definition) is 7. The molecule has 156 valence electrons. The molecule has 2 aromatic carbocycles. The van der Waals surface area contributed by atoms with Crippen molar-refractivity contribution in [1.29, 1.82) is 0 Å². The maximum absolute atomic E-state index is 12.9. The zero-order valence-corrected chi connectivity index (χ0v) is 17.0. The van der Waals surface area contributed by atoms with E-state index < -0.39 is 26.2 Å². The van der Waals surface area contributed by atoms with Crippen molar-refractivity contribution in [1.82, 2.24) is 9.79 Å². The van der Waals surface area contributed by atoms with E-state index in [-0.39, 0.29) is 18.8 Å². The summed E-state index contributed by atoms with van der Waals surface area (Å²) in [5, 5.41) is 11.6. The molecule has 0 spiro atoms. The fraction of sp³-hybridized carbons (Fsp3) is 0.368. The minimum Gasteiger partial charge on any atom is -0.496 e. The van der Waals surface area contributed by atoms with Crippen molar-refractivity contribution >= 4 is 15.7 Å². The average molecular weight is 421 g/mol. The van der Waals surface area contributed by atoms with Gasteiger partial charge in [0, 0.05) is 25.7 Å². The first-order valence-electron chi connectivity index (χ1n) is 9.04. The number of nitro benzene ring substituents is 1. The normalized spacial score (nSPS) is 19.9. The highest BCUT2D eigenvalue weighted by Crippen LogP contribution is 2.34. The van der Waals surface area contributed by atoms with Crippen LogP contribution >= 0.6 is 0 Å². The number of non-ortho nitro benzene ring substituents is 1. The Hall–Kier alpha value is -2.53. The molecule has 0 amide bonds. The largest absolute Gasteiger partial charge is 0.496 e. The van der Waals surface area contributed by atoms with Gasteiger partial charge in [-0.25, -0.2) is 13.1 Å². The first-order valence-corrected chi connectivity index (χ1v) is 10.6. The molecule has 1 N–H and O–H groups in total. The maximum Gasteiger partial charge on any atom is 0.269 e. The molecule has 2 aromatic rings. The first kappa shape index (κ1) is 21.2. The Kier molecular flexibility index (Phi) is 6.48. The molecule has 0 aromatic heterocycles. The van der Waals surface area contributed by atoms with Gasteiger partial charge in [0.2, 0.25) is 10.0 Å². The molecule has 0 unspecified atom stereocenters. The number of para-hydroxylation sites is 1. The number of nitrogens with one attached hydrogen (secondary N) is 1. The SMILES string of the molecule is COc1ccccc1CCNS(=O)(=O)[C@H]1CON(C)[C@H]1c1cccc([N+](=O)[O-])c1. The van der Waals surface area contributed by atoms with Gasteiger partial charge in [0.1, 0.15) is 11.0 Å². The van der Waals surface area contributed by atoms with Crippen LogP contribution in [0.1, 0.15) is 17.2 Å². The van der Waals surface area contributed by atoms with Crippen molar-refractivity contribution < 1.29 is 22.9 Å². The molecule has 1 saturated heterocycles. The number of nitro groups is 1. The first-order chi connectivity index (χ1) is 13.8. The summed E-state index contributed by atoms with van der Waals surface area (Å²) in [5.74, 6) is 0.699. The Morgan fingerprint density at radius 3 is 2.76 bits per heavy atom. The smallest absolute Gasteiger partial charge is 0.269 e. The average Bonchev–Trinajstić information content (AvgIpc) is 3.10. The minimum atomic E-state index is -3.74. The lowest BCUT2D eigenvalue weighted by Gasteiger charge is -2.23. The zero-order chi connectivity index (χ0) is 21.0. The highest BCUT2D eigenvalue weighted by atomic mass is 32.2. The van der Waals surface area contributed by atoms with Gasteiger partial charge in [-0.3, -0.25) is 15.0 Å². The van der Waals surface area contributed by atoms with Crippen LogP contribution in [-0.4, -0.2) is 51.0 Å². The van der Waals surface area contributed by atoms with Crippen LogP contribution in [-0.2, 0) is 21.3 Å². The minimum absolute atomic E-state index is 0.0339. The van der Waals surface area contributed by atoms with Crippen LogP contribution in [0.4, 0.5) is 5.69 Å². The van der Waals surface area contributed by atoms with Crippen molar-refractivity contribution in [2.45, 2.75) is 17.7 Å². The van der Waals surface area contributed by atoms with Gasteiger partial charge in [0.15, 0.2) is 0 Å². The number of methoxy groups -OCH3 is 1. The van der Waals surface area contributed by atoms with E-state index >= 15 is 0 Å². The predicted octanol–water partition coefficient (Wildman–Crippen LogP) is 2.05. The molecule has 9 nitrogen and oxygen atoms in total. The molecule has 1 aliphatic rings. The molecule has 10 heteroatoms. The summed E-state index contributed by atoms with van der Waals surface area (Å²) in [6, 6.07) is 12.7. The summed E-state index contributed by atoms with van der Waals surface area (Å²) in [7, 11) is -0.554. The van der Waals surface area contributed by atoms with E-state index in [1.165, 1.54) is 17.2 Å². The molecular formula is C19H23N3O6S. The van der Waals surface area contributed by atoms with Crippen LogP contribution in [0.15, 0.2) is 48.5 Å². The summed E-state index contributed by atoms with van der Waals surface area (Å²) in [5.41, 5.74) is 1.31. The van der Waals surface area contributed by atoms with Crippen LogP contribution < -0.4 is 9.46 Å².